The van der Waals surface area contributed by atoms with Crippen molar-refractivity contribution in [2.24, 2.45) is 0 Å². The van der Waals surface area contributed by atoms with Gasteiger partial charge in [0.1, 0.15) is 12.4 Å². The lowest BCUT2D eigenvalue weighted by Crippen LogP contribution is -2.12. The van der Waals surface area contributed by atoms with Crippen molar-refractivity contribution in [1.29, 1.82) is 0 Å². The third kappa shape index (κ3) is 6.11. The molecule has 178 valence electrons. The molecule has 1 unspecified atom stereocenters. The SMILES string of the molecule is ClNC(c1ccccc1)c1cccc(OCc2cccc(-c3ccc(CC4OCCO4)cc3)c2)c1. The molecule has 5 rings (SSSR count). The molecule has 1 fully saturated rings. The third-order valence-electron chi connectivity index (χ3n) is 6.15. The van der Waals surface area contributed by atoms with Crippen molar-refractivity contribution in [1.82, 2.24) is 4.84 Å². The normalized spacial score (nSPS) is 14.7. The van der Waals surface area contributed by atoms with Gasteiger partial charge in [-0.1, -0.05) is 84.9 Å². The van der Waals surface area contributed by atoms with Crippen molar-refractivity contribution < 1.29 is 14.2 Å². The summed E-state index contributed by atoms with van der Waals surface area (Å²) in [4.78, 5) is 2.89. The summed E-state index contributed by atoms with van der Waals surface area (Å²) in [6, 6.07) is 35.1. The van der Waals surface area contributed by atoms with Gasteiger partial charge in [0.05, 0.1) is 19.3 Å². The summed E-state index contributed by atoms with van der Waals surface area (Å²) in [6.07, 6.45) is 0.653. The maximum Gasteiger partial charge on any atom is 0.161 e. The molecule has 0 saturated carbocycles. The summed E-state index contributed by atoms with van der Waals surface area (Å²) < 4.78 is 17.3. The van der Waals surface area contributed by atoms with Crippen molar-refractivity contribution in [2.45, 2.75) is 25.4 Å². The first kappa shape index (κ1) is 23.6. The van der Waals surface area contributed by atoms with E-state index in [1.165, 1.54) is 11.1 Å². The van der Waals surface area contributed by atoms with Crippen LogP contribution in [0.5, 0.6) is 5.75 Å². The van der Waals surface area contributed by atoms with Crippen molar-refractivity contribution in [2.75, 3.05) is 13.2 Å². The Balaban J connectivity index is 1.24. The van der Waals surface area contributed by atoms with Crippen LogP contribution in [0.3, 0.4) is 0 Å². The van der Waals surface area contributed by atoms with E-state index in [0.717, 1.165) is 34.4 Å². The lowest BCUT2D eigenvalue weighted by molar-refractivity contribution is -0.0399. The highest BCUT2D eigenvalue weighted by molar-refractivity contribution is 6.13. The van der Waals surface area contributed by atoms with Gasteiger partial charge >= 0.3 is 0 Å². The molecule has 0 bridgehead atoms. The van der Waals surface area contributed by atoms with Gasteiger partial charge in [-0.3, -0.25) is 0 Å². The van der Waals surface area contributed by atoms with Gasteiger partial charge in [-0.2, -0.15) is 0 Å². The summed E-state index contributed by atoms with van der Waals surface area (Å²) in [5.74, 6) is 0.807. The number of benzene rings is 4. The van der Waals surface area contributed by atoms with Crippen LogP contribution in [0.1, 0.15) is 28.3 Å². The fourth-order valence-electron chi connectivity index (χ4n) is 4.31. The van der Waals surface area contributed by atoms with E-state index in [1.807, 2.05) is 36.4 Å². The maximum atomic E-state index is 6.15. The second-order valence-electron chi connectivity index (χ2n) is 8.59. The number of halogens is 1. The lowest BCUT2D eigenvalue weighted by Gasteiger charge is -2.17. The molecular formula is C30H28ClNO3. The standard InChI is InChI=1S/C30H28ClNO3/c31-32-30(25-7-2-1-3-8-25)27-10-5-11-28(20-27)35-21-23-6-4-9-26(18-23)24-14-12-22(13-15-24)19-29-33-16-17-34-29/h1-15,18,20,29-30,32H,16-17,19,21H2. The summed E-state index contributed by atoms with van der Waals surface area (Å²) in [6.45, 7) is 1.84. The minimum Gasteiger partial charge on any atom is -0.489 e. The molecule has 4 aromatic carbocycles. The van der Waals surface area contributed by atoms with Gasteiger partial charge in [0.2, 0.25) is 0 Å². The van der Waals surface area contributed by atoms with E-state index in [9.17, 15) is 0 Å². The Morgan fingerprint density at radius 1 is 0.743 bits per heavy atom. The van der Waals surface area contributed by atoms with Gasteiger partial charge in [-0.25, -0.2) is 4.84 Å². The molecule has 0 spiro atoms. The summed E-state index contributed by atoms with van der Waals surface area (Å²) in [7, 11) is 0. The molecule has 4 nitrogen and oxygen atoms in total. The van der Waals surface area contributed by atoms with Crippen molar-refractivity contribution in [3.05, 3.63) is 125 Å². The number of hydrogen-bond acceptors (Lipinski definition) is 4. The number of nitrogens with one attached hydrogen (secondary N) is 1. The highest BCUT2D eigenvalue weighted by atomic mass is 35.5. The lowest BCUT2D eigenvalue weighted by atomic mass is 9.99. The predicted molar refractivity (Wildman–Crippen MR) is 139 cm³/mol. The smallest absolute Gasteiger partial charge is 0.161 e. The predicted octanol–water partition coefficient (Wildman–Crippen LogP) is 6.68. The monoisotopic (exact) mass is 485 g/mol. The zero-order valence-corrected chi connectivity index (χ0v) is 20.2. The molecule has 1 heterocycles. The van der Waals surface area contributed by atoms with E-state index < -0.39 is 0 Å². The highest BCUT2D eigenvalue weighted by Gasteiger charge is 2.16. The van der Waals surface area contributed by atoms with E-state index in [-0.39, 0.29) is 12.3 Å². The summed E-state index contributed by atoms with van der Waals surface area (Å²) >= 11 is 6.09. The van der Waals surface area contributed by atoms with E-state index in [0.29, 0.717) is 19.8 Å². The Hall–Kier alpha value is -3.15. The molecule has 1 atom stereocenters. The molecule has 0 amide bonds. The van der Waals surface area contributed by atoms with Crippen molar-refractivity contribution in [3.8, 4) is 16.9 Å². The second kappa shape index (κ2) is 11.5. The van der Waals surface area contributed by atoms with Crippen LogP contribution in [0, 0.1) is 0 Å². The number of ether oxygens (including phenoxy) is 3. The molecule has 4 aromatic rings. The zero-order chi connectivity index (χ0) is 23.9. The Bertz CT molecular complexity index is 1220. The fourth-order valence-corrected chi connectivity index (χ4v) is 4.56. The quantitative estimate of drug-likeness (QED) is 0.268. The van der Waals surface area contributed by atoms with Crippen LogP contribution in [0.15, 0.2) is 103 Å². The number of rotatable bonds is 9. The molecule has 1 aliphatic heterocycles. The molecule has 1 saturated heterocycles. The van der Waals surface area contributed by atoms with Crippen molar-refractivity contribution in [3.63, 3.8) is 0 Å². The van der Waals surface area contributed by atoms with Crippen molar-refractivity contribution >= 4 is 11.8 Å². The van der Waals surface area contributed by atoms with Gasteiger partial charge in [0.15, 0.2) is 6.29 Å². The first-order valence-electron chi connectivity index (χ1n) is 11.8. The van der Waals surface area contributed by atoms with Crippen LogP contribution in [0.25, 0.3) is 11.1 Å². The Kier molecular flexibility index (Phi) is 7.76. The van der Waals surface area contributed by atoms with Crippen LogP contribution >= 0.6 is 11.8 Å². The first-order chi connectivity index (χ1) is 17.3. The second-order valence-corrected chi connectivity index (χ2v) is 8.80. The zero-order valence-electron chi connectivity index (χ0n) is 19.4. The van der Waals surface area contributed by atoms with Gasteiger partial charge in [0.25, 0.3) is 0 Å². The molecule has 35 heavy (non-hydrogen) atoms. The van der Waals surface area contributed by atoms with Gasteiger partial charge in [-0.05, 0) is 63.4 Å². The molecule has 5 heteroatoms. The topological polar surface area (TPSA) is 39.7 Å². The van der Waals surface area contributed by atoms with Gasteiger partial charge < -0.3 is 14.2 Å². The molecule has 0 aliphatic carbocycles. The molecule has 1 N–H and O–H groups in total. The van der Waals surface area contributed by atoms with Crippen LogP contribution in [0.2, 0.25) is 0 Å². The van der Waals surface area contributed by atoms with E-state index >= 15 is 0 Å². The summed E-state index contributed by atoms with van der Waals surface area (Å²) in [5, 5.41) is 0. The molecular weight excluding hydrogens is 458 g/mol. The fraction of sp³-hybridized carbons (Fsp3) is 0.200. The van der Waals surface area contributed by atoms with E-state index in [1.54, 1.807) is 0 Å². The molecule has 1 aliphatic rings. The average molecular weight is 486 g/mol. The van der Waals surface area contributed by atoms with Crippen LogP contribution < -0.4 is 9.57 Å². The third-order valence-corrected chi connectivity index (χ3v) is 6.36. The highest BCUT2D eigenvalue weighted by Crippen LogP contribution is 2.27. The van der Waals surface area contributed by atoms with E-state index in [2.05, 4.69) is 71.6 Å². The molecule has 0 aromatic heterocycles. The number of hydrogen-bond donors (Lipinski definition) is 1. The summed E-state index contributed by atoms with van der Waals surface area (Å²) in [5.41, 5.74) is 6.80. The Labute approximate surface area is 211 Å². The van der Waals surface area contributed by atoms with Crippen LogP contribution in [-0.2, 0) is 22.5 Å². The first-order valence-corrected chi connectivity index (χ1v) is 12.2. The Morgan fingerprint density at radius 3 is 2.26 bits per heavy atom. The van der Waals surface area contributed by atoms with Crippen LogP contribution in [-0.4, -0.2) is 19.5 Å². The van der Waals surface area contributed by atoms with Gasteiger partial charge in [-0.15, -0.1) is 0 Å². The van der Waals surface area contributed by atoms with Gasteiger partial charge in [0, 0.05) is 6.42 Å². The minimum absolute atomic E-state index is 0.112. The average Bonchev–Trinajstić information content (AvgIpc) is 3.43. The minimum atomic E-state index is -0.122. The van der Waals surface area contributed by atoms with E-state index in [4.69, 9.17) is 26.0 Å². The maximum absolute atomic E-state index is 6.15. The Morgan fingerprint density at radius 2 is 1.49 bits per heavy atom. The molecule has 0 radical (unpaired) electrons. The largest absolute Gasteiger partial charge is 0.489 e. The van der Waals surface area contributed by atoms with Crippen LogP contribution in [0.4, 0.5) is 0 Å².